The summed E-state index contributed by atoms with van der Waals surface area (Å²) in [6.07, 6.45) is 10.5. The SMILES string of the molecule is CCCCn1cc[n+](Cc2ccc(C(CC)CC3C(=O)N(C)C(=O)C3C)cc2)c1. The van der Waals surface area contributed by atoms with Crippen LogP contribution in [-0.2, 0) is 22.7 Å². The lowest BCUT2D eigenvalue weighted by atomic mass is 9.82. The minimum absolute atomic E-state index is 0.0263. The highest BCUT2D eigenvalue weighted by molar-refractivity contribution is 6.04. The van der Waals surface area contributed by atoms with Crippen molar-refractivity contribution < 1.29 is 14.2 Å². The zero-order valence-electron chi connectivity index (χ0n) is 18.2. The van der Waals surface area contributed by atoms with E-state index in [9.17, 15) is 9.59 Å². The monoisotopic (exact) mass is 396 g/mol. The van der Waals surface area contributed by atoms with Gasteiger partial charge in [-0.3, -0.25) is 14.5 Å². The van der Waals surface area contributed by atoms with Gasteiger partial charge in [-0.25, -0.2) is 9.13 Å². The summed E-state index contributed by atoms with van der Waals surface area (Å²) < 4.78 is 4.45. The van der Waals surface area contributed by atoms with Gasteiger partial charge in [-0.1, -0.05) is 51.5 Å². The minimum atomic E-state index is -0.214. The highest BCUT2D eigenvalue weighted by Crippen LogP contribution is 2.35. The van der Waals surface area contributed by atoms with Gasteiger partial charge >= 0.3 is 0 Å². The van der Waals surface area contributed by atoms with Crippen molar-refractivity contribution in [2.75, 3.05) is 7.05 Å². The van der Waals surface area contributed by atoms with Gasteiger partial charge in [0.1, 0.15) is 18.9 Å². The molecule has 1 aliphatic heterocycles. The normalized spacial score (nSPS) is 20.5. The number of carbonyl (C=O) groups is 2. The summed E-state index contributed by atoms with van der Waals surface area (Å²) in [4.78, 5) is 25.8. The molecular formula is C24H34N3O2+. The van der Waals surface area contributed by atoms with Crippen LogP contribution in [0.1, 0.15) is 63.5 Å². The van der Waals surface area contributed by atoms with Crippen LogP contribution in [0.25, 0.3) is 0 Å². The number of rotatable bonds is 9. The average molecular weight is 397 g/mol. The molecule has 0 saturated carbocycles. The fourth-order valence-corrected chi connectivity index (χ4v) is 4.31. The summed E-state index contributed by atoms with van der Waals surface area (Å²) in [5, 5.41) is 0. The second kappa shape index (κ2) is 9.38. The number of unbranched alkanes of at least 4 members (excludes halogenated alkanes) is 1. The molecule has 3 rings (SSSR count). The maximum Gasteiger partial charge on any atom is 0.244 e. The second-order valence-electron chi connectivity index (χ2n) is 8.39. The van der Waals surface area contributed by atoms with Crippen molar-refractivity contribution in [2.45, 2.75) is 65.5 Å². The van der Waals surface area contributed by atoms with Crippen LogP contribution in [0.2, 0.25) is 0 Å². The molecule has 1 aromatic carbocycles. The largest absolute Gasteiger partial charge is 0.285 e. The zero-order valence-corrected chi connectivity index (χ0v) is 18.2. The molecule has 3 unspecified atom stereocenters. The van der Waals surface area contributed by atoms with Crippen LogP contribution in [0.3, 0.4) is 0 Å². The minimum Gasteiger partial charge on any atom is -0.285 e. The van der Waals surface area contributed by atoms with Gasteiger partial charge in [0.25, 0.3) is 0 Å². The smallest absolute Gasteiger partial charge is 0.244 e. The molecule has 29 heavy (non-hydrogen) atoms. The molecule has 1 fully saturated rings. The third-order valence-electron chi connectivity index (χ3n) is 6.34. The van der Waals surface area contributed by atoms with Crippen molar-refractivity contribution in [3.63, 3.8) is 0 Å². The number of aryl methyl sites for hydroxylation is 1. The van der Waals surface area contributed by atoms with Gasteiger partial charge in [0, 0.05) is 13.0 Å². The highest BCUT2D eigenvalue weighted by Gasteiger charge is 2.43. The van der Waals surface area contributed by atoms with Gasteiger partial charge in [0.2, 0.25) is 18.1 Å². The molecular weight excluding hydrogens is 362 g/mol. The first kappa shape index (κ1) is 21.3. The second-order valence-corrected chi connectivity index (χ2v) is 8.39. The third kappa shape index (κ3) is 4.77. The van der Waals surface area contributed by atoms with Crippen molar-refractivity contribution in [1.29, 1.82) is 0 Å². The third-order valence-corrected chi connectivity index (χ3v) is 6.34. The zero-order chi connectivity index (χ0) is 21.0. The number of imide groups is 1. The van der Waals surface area contributed by atoms with Crippen LogP contribution in [-0.4, -0.2) is 28.3 Å². The molecule has 0 aliphatic carbocycles. The first-order chi connectivity index (χ1) is 13.9. The standard InChI is InChI=1S/C24H34N3O2/c1-5-7-12-26-13-14-27(17-26)16-19-8-10-21(11-9-19)20(6-2)15-22-18(3)23(28)25(4)24(22)29/h8-11,13-14,17-18,20,22H,5-7,12,15-16H2,1-4H3/q+1. The summed E-state index contributed by atoms with van der Waals surface area (Å²) >= 11 is 0. The molecule has 2 aromatic rings. The molecule has 5 nitrogen and oxygen atoms in total. The van der Waals surface area contributed by atoms with E-state index >= 15 is 0 Å². The van der Waals surface area contributed by atoms with E-state index in [2.05, 4.69) is 66.0 Å². The van der Waals surface area contributed by atoms with Crippen molar-refractivity contribution in [3.05, 3.63) is 54.1 Å². The molecule has 5 heteroatoms. The lowest BCUT2D eigenvalue weighted by Crippen LogP contribution is -2.31. The molecule has 3 atom stereocenters. The van der Waals surface area contributed by atoms with Crippen LogP contribution in [0.4, 0.5) is 0 Å². The topological polar surface area (TPSA) is 46.2 Å². The number of carbonyl (C=O) groups excluding carboxylic acids is 2. The van der Waals surface area contributed by atoms with Crippen LogP contribution >= 0.6 is 0 Å². The van der Waals surface area contributed by atoms with Gasteiger partial charge in [-0.05, 0) is 36.3 Å². The molecule has 1 aliphatic rings. The molecule has 1 saturated heterocycles. The first-order valence-electron chi connectivity index (χ1n) is 10.9. The number of hydrogen-bond acceptors (Lipinski definition) is 2. The number of imidazole rings is 1. The maximum absolute atomic E-state index is 12.4. The summed E-state index contributed by atoms with van der Waals surface area (Å²) in [5.41, 5.74) is 2.52. The summed E-state index contributed by atoms with van der Waals surface area (Å²) in [6.45, 7) is 8.17. The number of amides is 2. The Morgan fingerprint density at radius 2 is 1.83 bits per heavy atom. The van der Waals surface area contributed by atoms with E-state index in [-0.39, 0.29) is 23.7 Å². The Hall–Kier alpha value is -2.43. The van der Waals surface area contributed by atoms with Crippen LogP contribution in [0.5, 0.6) is 0 Å². The molecule has 156 valence electrons. The van der Waals surface area contributed by atoms with Gasteiger partial charge in [0.05, 0.1) is 12.5 Å². The molecule has 2 amide bonds. The Balaban J connectivity index is 1.64. The van der Waals surface area contributed by atoms with E-state index in [1.165, 1.54) is 28.9 Å². The number of hydrogen-bond donors (Lipinski definition) is 0. The average Bonchev–Trinajstić information content (AvgIpc) is 3.25. The molecule has 0 radical (unpaired) electrons. The molecule has 2 heterocycles. The van der Waals surface area contributed by atoms with E-state index in [1.807, 2.05) is 6.92 Å². The van der Waals surface area contributed by atoms with Gasteiger partial charge < -0.3 is 0 Å². The van der Waals surface area contributed by atoms with Crippen molar-refractivity contribution in [3.8, 4) is 0 Å². The molecule has 0 spiro atoms. The Bertz CT molecular complexity index is 840. The Labute approximate surface area is 174 Å². The fourth-order valence-electron chi connectivity index (χ4n) is 4.31. The molecule has 0 bridgehead atoms. The fraction of sp³-hybridized carbons (Fsp3) is 0.542. The van der Waals surface area contributed by atoms with Gasteiger partial charge in [-0.15, -0.1) is 0 Å². The lowest BCUT2D eigenvalue weighted by molar-refractivity contribution is -0.687. The first-order valence-corrected chi connectivity index (χ1v) is 10.9. The maximum atomic E-state index is 12.4. The highest BCUT2D eigenvalue weighted by atomic mass is 16.2. The van der Waals surface area contributed by atoms with Gasteiger partial charge in [0.15, 0.2) is 0 Å². The van der Waals surface area contributed by atoms with Crippen LogP contribution in [0.15, 0.2) is 43.0 Å². The Morgan fingerprint density at radius 1 is 1.10 bits per heavy atom. The van der Waals surface area contributed by atoms with Crippen LogP contribution in [0, 0.1) is 11.8 Å². The molecule has 1 aromatic heterocycles. The summed E-state index contributed by atoms with van der Waals surface area (Å²) in [7, 11) is 1.60. The van der Waals surface area contributed by atoms with E-state index in [0.717, 1.165) is 25.9 Å². The van der Waals surface area contributed by atoms with E-state index in [4.69, 9.17) is 0 Å². The van der Waals surface area contributed by atoms with E-state index in [0.29, 0.717) is 5.92 Å². The number of likely N-dealkylation sites (tertiary alicyclic amines) is 1. The quantitative estimate of drug-likeness (QED) is 0.479. The predicted octanol–water partition coefficient (Wildman–Crippen LogP) is 3.76. The van der Waals surface area contributed by atoms with Crippen LogP contribution < -0.4 is 4.57 Å². The number of aromatic nitrogens is 2. The number of benzene rings is 1. The van der Waals surface area contributed by atoms with Gasteiger partial charge in [-0.2, -0.15) is 0 Å². The van der Waals surface area contributed by atoms with Crippen molar-refractivity contribution >= 4 is 11.8 Å². The van der Waals surface area contributed by atoms with Crippen molar-refractivity contribution in [2.24, 2.45) is 11.8 Å². The summed E-state index contributed by atoms with van der Waals surface area (Å²) in [5.74, 6) is -0.193. The lowest BCUT2D eigenvalue weighted by Gasteiger charge is -2.20. The Morgan fingerprint density at radius 3 is 2.41 bits per heavy atom. The summed E-state index contributed by atoms with van der Waals surface area (Å²) in [6, 6.07) is 8.75. The molecule has 0 N–H and O–H groups in total. The van der Waals surface area contributed by atoms with Crippen molar-refractivity contribution in [1.82, 2.24) is 9.47 Å². The number of nitrogens with zero attached hydrogens (tertiary/aromatic N) is 3. The predicted molar refractivity (Wildman–Crippen MR) is 113 cm³/mol. The Kier molecular flexibility index (Phi) is 6.88. The van der Waals surface area contributed by atoms with E-state index in [1.54, 1.807) is 7.05 Å². The van der Waals surface area contributed by atoms with E-state index < -0.39 is 0 Å².